The molecular formula is C9H17NS. The number of hydrogen-bond donors (Lipinski definition) is 1. The molecule has 0 saturated carbocycles. The van der Waals surface area contributed by atoms with Crippen LogP contribution in [0.15, 0.2) is 0 Å². The van der Waals surface area contributed by atoms with E-state index in [0.717, 1.165) is 0 Å². The van der Waals surface area contributed by atoms with Crippen molar-refractivity contribution >= 4 is 11.8 Å². The van der Waals surface area contributed by atoms with Gasteiger partial charge in [-0.25, -0.2) is 0 Å². The van der Waals surface area contributed by atoms with E-state index in [0.29, 0.717) is 5.54 Å². The average Bonchev–Trinajstić information content (AvgIpc) is 2.32. The first-order chi connectivity index (χ1) is 5.41. The van der Waals surface area contributed by atoms with Gasteiger partial charge in [0.25, 0.3) is 0 Å². The van der Waals surface area contributed by atoms with Gasteiger partial charge in [0.2, 0.25) is 0 Å². The molecular weight excluding hydrogens is 154 g/mol. The Labute approximate surface area is 73.3 Å². The largest absolute Gasteiger partial charge is 0.310 e. The lowest BCUT2D eigenvalue weighted by Crippen LogP contribution is -2.41. The molecule has 11 heavy (non-hydrogen) atoms. The van der Waals surface area contributed by atoms with E-state index in [9.17, 15) is 0 Å². The van der Waals surface area contributed by atoms with Gasteiger partial charge in [-0.15, -0.1) is 0 Å². The topological polar surface area (TPSA) is 12.0 Å². The molecule has 1 nitrogen and oxygen atoms in total. The van der Waals surface area contributed by atoms with Crippen molar-refractivity contribution in [2.45, 2.75) is 37.6 Å². The molecule has 2 heterocycles. The lowest BCUT2D eigenvalue weighted by molar-refractivity contribution is 0.385. The van der Waals surface area contributed by atoms with Gasteiger partial charge < -0.3 is 5.32 Å². The van der Waals surface area contributed by atoms with Crippen molar-refractivity contribution in [3.63, 3.8) is 0 Å². The standard InChI is InChI=1S/C9H17NS/c1-2-7-11-8-9(4-1)5-3-6-10-9/h10H,1-8H2. The molecule has 2 fully saturated rings. The minimum absolute atomic E-state index is 0.571. The van der Waals surface area contributed by atoms with Crippen LogP contribution < -0.4 is 5.32 Å². The third-order valence-corrected chi connectivity index (χ3v) is 4.24. The van der Waals surface area contributed by atoms with Crippen LogP contribution in [0.2, 0.25) is 0 Å². The molecule has 0 aromatic rings. The maximum Gasteiger partial charge on any atom is 0.0272 e. The van der Waals surface area contributed by atoms with E-state index < -0.39 is 0 Å². The van der Waals surface area contributed by atoms with E-state index in [1.54, 1.807) is 0 Å². The summed E-state index contributed by atoms with van der Waals surface area (Å²) in [5.41, 5.74) is 0.571. The van der Waals surface area contributed by atoms with Gasteiger partial charge in [0.05, 0.1) is 0 Å². The molecule has 2 aliphatic rings. The van der Waals surface area contributed by atoms with Gasteiger partial charge in [-0.1, -0.05) is 6.42 Å². The van der Waals surface area contributed by atoms with Gasteiger partial charge in [0.1, 0.15) is 0 Å². The van der Waals surface area contributed by atoms with Crippen LogP contribution in [0.4, 0.5) is 0 Å². The number of nitrogens with one attached hydrogen (secondary N) is 1. The van der Waals surface area contributed by atoms with E-state index in [-0.39, 0.29) is 0 Å². The Morgan fingerprint density at radius 3 is 2.82 bits per heavy atom. The fraction of sp³-hybridized carbons (Fsp3) is 1.00. The zero-order valence-corrected chi connectivity index (χ0v) is 7.88. The van der Waals surface area contributed by atoms with Crippen LogP contribution in [-0.4, -0.2) is 23.6 Å². The van der Waals surface area contributed by atoms with Gasteiger partial charge in [-0.2, -0.15) is 11.8 Å². The molecule has 1 unspecified atom stereocenters. The molecule has 2 heteroatoms. The molecule has 0 aromatic carbocycles. The maximum absolute atomic E-state index is 3.69. The smallest absolute Gasteiger partial charge is 0.0272 e. The van der Waals surface area contributed by atoms with Crippen LogP contribution in [0.1, 0.15) is 32.1 Å². The van der Waals surface area contributed by atoms with Gasteiger partial charge >= 0.3 is 0 Å². The summed E-state index contributed by atoms with van der Waals surface area (Å²) in [6.07, 6.45) is 7.15. The Bertz CT molecular complexity index is 120. The monoisotopic (exact) mass is 171 g/mol. The van der Waals surface area contributed by atoms with Gasteiger partial charge in [-0.05, 0) is 38.0 Å². The quantitative estimate of drug-likeness (QED) is 0.598. The lowest BCUT2D eigenvalue weighted by atomic mass is 9.93. The summed E-state index contributed by atoms with van der Waals surface area (Å²) in [6, 6.07) is 0. The third-order valence-electron chi connectivity index (χ3n) is 2.90. The molecule has 0 aliphatic carbocycles. The van der Waals surface area contributed by atoms with E-state index >= 15 is 0 Å². The lowest BCUT2D eigenvalue weighted by Gasteiger charge is -2.27. The van der Waals surface area contributed by atoms with Gasteiger partial charge in [0.15, 0.2) is 0 Å². The highest BCUT2D eigenvalue weighted by molar-refractivity contribution is 7.99. The van der Waals surface area contributed by atoms with Crippen molar-refractivity contribution in [3.05, 3.63) is 0 Å². The van der Waals surface area contributed by atoms with Gasteiger partial charge in [-0.3, -0.25) is 0 Å². The minimum atomic E-state index is 0.571. The van der Waals surface area contributed by atoms with Crippen molar-refractivity contribution in [2.24, 2.45) is 0 Å². The molecule has 0 aromatic heterocycles. The normalized spacial score (nSPS) is 39.3. The van der Waals surface area contributed by atoms with E-state index in [1.807, 2.05) is 0 Å². The number of thioether (sulfide) groups is 1. The van der Waals surface area contributed by atoms with Crippen LogP contribution in [-0.2, 0) is 0 Å². The molecule has 1 N–H and O–H groups in total. The number of hydrogen-bond acceptors (Lipinski definition) is 2. The van der Waals surface area contributed by atoms with E-state index in [4.69, 9.17) is 0 Å². The maximum atomic E-state index is 3.69. The first kappa shape index (κ1) is 7.93. The van der Waals surface area contributed by atoms with Gasteiger partial charge in [0, 0.05) is 11.3 Å². The second kappa shape index (κ2) is 3.36. The van der Waals surface area contributed by atoms with E-state index in [1.165, 1.54) is 50.2 Å². The Balaban J connectivity index is 1.97. The molecule has 1 spiro atoms. The highest BCUT2D eigenvalue weighted by Crippen LogP contribution is 2.32. The predicted molar refractivity (Wildman–Crippen MR) is 51.1 cm³/mol. The summed E-state index contributed by atoms with van der Waals surface area (Å²) in [7, 11) is 0. The zero-order chi connectivity index (χ0) is 7.57. The minimum Gasteiger partial charge on any atom is -0.310 e. The molecule has 64 valence electrons. The fourth-order valence-corrected chi connectivity index (χ4v) is 3.55. The van der Waals surface area contributed by atoms with Crippen molar-refractivity contribution in [1.82, 2.24) is 5.32 Å². The summed E-state index contributed by atoms with van der Waals surface area (Å²) in [4.78, 5) is 0. The Morgan fingerprint density at radius 2 is 2.00 bits per heavy atom. The average molecular weight is 171 g/mol. The highest BCUT2D eigenvalue weighted by Gasteiger charge is 2.33. The Morgan fingerprint density at radius 1 is 1.09 bits per heavy atom. The van der Waals surface area contributed by atoms with Crippen LogP contribution in [0.25, 0.3) is 0 Å². The molecule has 2 rings (SSSR count). The molecule has 0 radical (unpaired) electrons. The van der Waals surface area contributed by atoms with Crippen molar-refractivity contribution in [1.29, 1.82) is 0 Å². The van der Waals surface area contributed by atoms with Crippen molar-refractivity contribution < 1.29 is 0 Å². The predicted octanol–water partition coefficient (Wildman–Crippen LogP) is 2.03. The third kappa shape index (κ3) is 1.73. The fourth-order valence-electron chi connectivity index (χ4n) is 2.21. The first-order valence-electron chi connectivity index (χ1n) is 4.74. The van der Waals surface area contributed by atoms with Crippen LogP contribution in [0.3, 0.4) is 0 Å². The zero-order valence-electron chi connectivity index (χ0n) is 7.07. The summed E-state index contributed by atoms with van der Waals surface area (Å²) in [5.74, 6) is 2.76. The highest BCUT2D eigenvalue weighted by atomic mass is 32.2. The molecule has 2 aliphatic heterocycles. The SMILES string of the molecule is C1CCC2(CCCN2)CSC1. The van der Waals surface area contributed by atoms with Crippen LogP contribution in [0.5, 0.6) is 0 Å². The number of rotatable bonds is 0. The van der Waals surface area contributed by atoms with Crippen molar-refractivity contribution in [3.8, 4) is 0 Å². The summed E-state index contributed by atoms with van der Waals surface area (Å²) in [6.45, 7) is 1.26. The molecule has 0 amide bonds. The second-order valence-corrected chi connectivity index (χ2v) is 4.93. The van der Waals surface area contributed by atoms with Crippen molar-refractivity contribution in [2.75, 3.05) is 18.1 Å². The second-order valence-electron chi connectivity index (χ2n) is 3.82. The van der Waals surface area contributed by atoms with E-state index in [2.05, 4.69) is 17.1 Å². The molecule has 1 atom stereocenters. The molecule has 0 bridgehead atoms. The Hall–Kier alpha value is 0.310. The Kier molecular flexibility index (Phi) is 2.42. The summed E-state index contributed by atoms with van der Waals surface area (Å²) in [5, 5.41) is 3.69. The van der Waals surface area contributed by atoms with Crippen LogP contribution >= 0.6 is 11.8 Å². The summed E-state index contributed by atoms with van der Waals surface area (Å²) < 4.78 is 0. The van der Waals surface area contributed by atoms with Crippen LogP contribution in [0, 0.1) is 0 Å². The first-order valence-corrected chi connectivity index (χ1v) is 5.90. The molecule has 2 saturated heterocycles. The summed E-state index contributed by atoms with van der Waals surface area (Å²) >= 11 is 2.15.